The lowest BCUT2D eigenvalue weighted by Crippen LogP contribution is -2.26. The average molecular weight is 258 g/mol. The number of allylic oxidation sites excluding steroid dienone is 1. The van der Waals surface area contributed by atoms with Crippen LogP contribution in [-0.4, -0.2) is 12.5 Å². The molecule has 1 amide bonds. The molecular weight excluding hydrogens is 236 g/mol. The van der Waals surface area contributed by atoms with Crippen LogP contribution in [0.1, 0.15) is 36.8 Å². The number of rotatable bonds is 6. The summed E-state index contributed by atoms with van der Waals surface area (Å²) in [6.07, 6.45) is 7.39. The Balaban J connectivity index is 1.77. The first-order chi connectivity index (χ1) is 9.29. The van der Waals surface area contributed by atoms with E-state index in [0.29, 0.717) is 13.0 Å². The molecular formula is C16H22N2O. The minimum atomic E-state index is 0.0829. The fraction of sp³-hybridized carbons (Fsp3) is 0.438. The van der Waals surface area contributed by atoms with Crippen molar-refractivity contribution in [3.63, 3.8) is 0 Å². The Morgan fingerprint density at radius 3 is 2.74 bits per heavy atom. The lowest BCUT2D eigenvalue weighted by molar-refractivity contribution is -0.120. The van der Waals surface area contributed by atoms with E-state index in [1.807, 2.05) is 24.3 Å². The molecule has 0 radical (unpaired) electrons. The van der Waals surface area contributed by atoms with E-state index in [4.69, 9.17) is 5.73 Å². The number of nitrogens with two attached hydrogens (primary N) is 1. The van der Waals surface area contributed by atoms with Crippen LogP contribution in [0.15, 0.2) is 35.9 Å². The number of carbonyl (C=O) groups excluding carboxylic acids is 1. The van der Waals surface area contributed by atoms with Gasteiger partial charge < -0.3 is 11.1 Å². The third-order valence-corrected chi connectivity index (χ3v) is 3.59. The maximum absolute atomic E-state index is 11.9. The van der Waals surface area contributed by atoms with E-state index in [1.54, 1.807) is 0 Å². The van der Waals surface area contributed by atoms with Crippen LogP contribution in [0.2, 0.25) is 0 Å². The molecule has 0 saturated heterocycles. The van der Waals surface area contributed by atoms with Gasteiger partial charge in [0.25, 0.3) is 0 Å². The summed E-state index contributed by atoms with van der Waals surface area (Å²) in [6, 6.07) is 7.86. The molecule has 0 atom stereocenters. The summed E-state index contributed by atoms with van der Waals surface area (Å²) in [5.41, 5.74) is 9.24. The number of hydrogen-bond acceptors (Lipinski definition) is 2. The molecule has 1 aliphatic carbocycles. The Labute approximate surface area is 114 Å². The maximum atomic E-state index is 11.9. The Hall–Kier alpha value is -1.61. The molecule has 0 aromatic heterocycles. The van der Waals surface area contributed by atoms with E-state index in [2.05, 4.69) is 11.4 Å². The highest BCUT2D eigenvalue weighted by molar-refractivity contribution is 5.78. The molecule has 2 rings (SSSR count). The Kier molecular flexibility index (Phi) is 5.16. The number of hydrogen-bond donors (Lipinski definition) is 2. The SMILES string of the molecule is NCc1ccccc1CC(=O)NCCC1=CCCC1. The third-order valence-electron chi connectivity index (χ3n) is 3.59. The van der Waals surface area contributed by atoms with Crippen molar-refractivity contribution in [2.24, 2.45) is 5.73 Å². The van der Waals surface area contributed by atoms with Gasteiger partial charge in [0.2, 0.25) is 5.91 Å². The first-order valence-electron chi connectivity index (χ1n) is 7.01. The second-order valence-electron chi connectivity index (χ2n) is 5.00. The summed E-state index contributed by atoms with van der Waals surface area (Å²) in [4.78, 5) is 11.9. The second kappa shape index (κ2) is 7.10. The molecule has 0 unspecified atom stereocenters. The minimum Gasteiger partial charge on any atom is -0.355 e. The number of benzene rings is 1. The first-order valence-corrected chi connectivity index (χ1v) is 7.01. The molecule has 19 heavy (non-hydrogen) atoms. The molecule has 0 aliphatic heterocycles. The van der Waals surface area contributed by atoms with Gasteiger partial charge >= 0.3 is 0 Å². The van der Waals surface area contributed by atoms with Crippen LogP contribution in [0, 0.1) is 0 Å². The Morgan fingerprint density at radius 1 is 1.26 bits per heavy atom. The summed E-state index contributed by atoms with van der Waals surface area (Å²) in [6.45, 7) is 1.23. The van der Waals surface area contributed by atoms with Crippen molar-refractivity contribution in [1.29, 1.82) is 0 Å². The van der Waals surface area contributed by atoms with Crippen molar-refractivity contribution >= 4 is 5.91 Å². The smallest absolute Gasteiger partial charge is 0.224 e. The van der Waals surface area contributed by atoms with Gasteiger partial charge in [-0.25, -0.2) is 0 Å². The topological polar surface area (TPSA) is 55.1 Å². The van der Waals surface area contributed by atoms with Crippen molar-refractivity contribution in [3.8, 4) is 0 Å². The van der Waals surface area contributed by atoms with E-state index in [0.717, 1.165) is 24.1 Å². The van der Waals surface area contributed by atoms with E-state index < -0.39 is 0 Å². The van der Waals surface area contributed by atoms with Gasteiger partial charge in [-0.05, 0) is 36.8 Å². The molecule has 1 aliphatic rings. The van der Waals surface area contributed by atoms with E-state index in [9.17, 15) is 4.79 Å². The highest BCUT2D eigenvalue weighted by Crippen LogP contribution is 2.19. The molecule has 3 heteroatoms. The maximum Gasteiger partial charge on any atom is 0.224 e. The van der Waals surface area contributed by atoms with Crippen molar-refractivity contribution in [3.05, 3.63) is 47.0 Å². The molecule has 102 valence electrons. The van der Waals surface area contributed by atoms with Crippen LogP contribution in [0.5, 0.6) is 0 Å². The molecule has 0 heterocycles. The Bertz CT molecular complexity index is 466. The monoisotopic (exact) mass is 258 g/mol. The number of carbonyl (C=O) groups is 1. The van der Waals surface area contributed by atoms with Gasteiger partial charge in [0, 0.05) is 13.1 Å². The number of amides is 1. The zero-order valence-corrected chi connectivity index (χ0v) is 11.3. The zero-order chi connectivity index (χ0) is 13.5. The van der Waals surface area contributed by atoms with Gasteiger partial charge in [-0.3, -0.25) is 4.79 Å². The van der Waals surface area contributed by atoms with Gasteiger partial charge in [0.15, 0.2) is 0 Å². The predicted molar refractivity (Wildman–Crippen MR) is 77.6 cm³/mol. The molecule has 3 nitrogen and oxygen atoms in total. The molecule has 0 saturated carbocycles. The van der Waals surface area contributed by atoms with E-state index in [1.165, 1.54) is 24.8 Å². The molecule has 3 N–H and O–H groups in total. The lowest BCUT2D eigenvalue weighted by Gasteiger charge is -2.09. The lowest BCUT2D eigenvalue weighted by atomic mass is 10.0. The first kappa shape index (κ1) is 13.8. The average Bonchev–Trinajstić information content (AvgIpc) is 2.92. The molecule has 0 fully saturated rings. The fourth-order valence-electron chi connectivity index (χ4n) is 2.49. The van der Waals surface area contributed by atoms with Gasteiger partial charge in [0.05, 0.1) is 6.42 Å². The highest BCUT2D eigenvalue weighted by atomic mass is 16.1. The fourth-order valence-corrected chi connectivity index (χ4v) is 2.49. The summed E-state index contributed by atoms with van der Waals surface area (Å²) in [5, 5.41) is 2.99. The Morgan fingerprint density at radius 2 is 2.05 bits per heavy atom. The van der Waals surface area contributed by atoms with Gasteiger partial charge in [-0.15, -0.1) is 0 Å². The van der Waals surface area contributed by atoms with Crippen molar-refractivity contribution < 1.29 is 4.79 Å². The zero-order valence-electron chi connectivity index (χ0n) is 11.3. The summed E-state index contributed by atoms with van der Waals surface area (Å²) in [5.74, 6) is 0.0829. The van der Waals surface area contributed by atoms with Crippen LogP contribution in [0.3, 0.4) is 0 Å². The van der Waals surface area contributed by atoms with Gasteiger partial charge in [-0.2, -0.15) is 0 Å². The molecule has 0 bridgehead atoms. The van der Waals surface area contributed by atoms with Crippen molar-refractivity contribution in [2.45, 2.75) is 38.6 Å². The minimum absolute atomic E-state index is 0.0829. The van der Waals surface area contributed by atoms with Gasteiger partial charge in [-0.1, -0.05) is 35.9 Å². The molecule has 1 aromatic carbocycles. The number of nitrogens with one attached hydrogen (secondary N) is 1. The molecule has 1 aromatic rings. The van der Waals surface area contributed by atoms with E-state index in [-0.39, 0.29) is 5.91 Å². The second-order valence-corrected chi connectivity index (χ2v) is 5.00. The predicted octanol–water partition coefficient (Wildman–Crippen LogP) is 2.30. The largest absolute Gasteiger partial charge is 0.355 e. The van der Waals surface area contributed by atoms with Crippen LogP contribution in [0.4, 0.5) is 0 Å². The standard InChI is InChI=1S/C16H22N2O/c17-12-15-8-4-3-7-14(15)11-16(19)18-10-9-13-5-1-2-6-13/h3-5,7-8H,1-2,6,9-12,17H2,(H,18,19). The van der Waals surface area contributed by atoms with Crippen molar-refractivity contribution in [1.82, 2.24) is 5.32 Å². The third kappa shape index (κ3) is 4.21. The van der Waals surface area contributed by atoms with Crippen LogP contribution in [0.25, 0.3) is 0 Å². The van der Waals surface area contributed by atoms with E-state index >= 15 is 0 Å². The van der Waals surface area contributed by atoms with Crippen molar-refractivity contribution in [2.75, 3.05) is 6.54 Å². The summed E-state index contributed by atoms with van der Waals surface area (Å²) < 4.78 is 0. The summed E-state index contributed by atoms with van der Waals surface area (Å²) in [7, 11) is 0. The van der Waals surface area contributed by atoms with Crippen LogP contribution >= 0.6 is 0 Å². The van der Waals surface area contributed by atoms with Crippen LogP contribution in [-0.2, 0) is 17.8 Å². The van der Waals surface area contributed by atoms with Crippen LogP contribution < -0.4 is 11.1 Å². The molecule has 0 spiro atoms. The summed E-state index contributed by atoms with van der Waals surface area (Å²) >= 11 is 0. The van der Waals surface area contributed by atoms with Gasteiger partial charge in [0.1, 0.15) is 0 Å². The normalized spacial score (nSPS) is 14.3. The highest BCUT2D eigenvalue weighted by Gasteiger charge is 2.08. The quantitative estimate of drug-likeness (QED) is 0.769.